The first-order chi connectivity index (χ1) is 11.1. The number of aliphatic imine (C=N–C) groups is 1. The Balaban J connectivity index is 1.99. The van der Waals surface area contributed by atoms with Crippen LogP contribution in [-0.4, -0.2) is 11.7 Å². The number of hydrogen-bond donors (Lipinski definition) is 2. The average molecular weight is 306 g/mol. The predicted molar refractivity (Wildman–Crippen MR) is 84.7 cm³/mol. The first-order valence-electron chi connectivity index (χ1n) is 6.75. The monoisotopic (exact) mass is 306 g/mol. The van der Waals surface area contributed by atoms with Crippen molar-refractivity contribution in [3.05, 3.63) is 71.0 Å². The van der Waals surface area contributed by atoms with Crippen LogP contribution in [0.25, 0.3) is 5.70 Å². The van der Waals surface area contributed by atoms with E-state index in [0.717, 1.165) is 0 Å². The molecule has 3 N–H and O–H groups in total. The quantitative estimate of drug-likeness (QED) is 0.659. The van der Waals surface area contributed by atoms with Crippen molar-refractivity contribution in [1.82, 2.24) is 0 Å². The van der Waals surface area contributed by atoms with E-state index >= 15 is 0 Å². The van der Waals surface area contributed by atoms with Gasteiger partial charge in [-0.3, -0.25) is 4.79 Å². The van der Waals surface area contributed by atoms with Crippen molar-refractivity contribution in [2.24, 2.45) is 10.7 Å². The highest BCUT2D eigenvalue weighted by atomic mass is 19.1. The Morgan fingerprint density at radius 3 is 2.43 bits per heavy atom. The van der Waals surface area contributed by atoms with Gasteiger partial charge < -0.3 is 11.1 Å². The summed E-state index contributed by atoms with van der Waals surface area (Å²) in [5.74, 6) is -0.774. The summed E-state index contributed by atoms with van der Waals surface area (Å²) < 4.78 is 12.9. The Kier molecular flexibility index (Phi) is 3.61. The molecule has 0 spiro atoms. The predicted octanol–water partition coefficient (Wildman–Crippen LogP) is 2.42. The fourth-order valence-corrected chi connectivity index (χ4v) is 2.28. The Hall–Kier alpha value is -3.46. The molecule has 0 saturated heterocycles. The second-order valence-corrected chi connectivity index (χ2v) is 4.84. The lowest BCUT2D eigenvalue weighted by molar-refractivity contribution is -0.112. The van der Waals surface area contributed by atoms with Gasteiger partial charge in [0.05, 0.1) is 5.70 Å². The first-order valence-corrected chi connectivity index (χ1v) is 6.75. The number of amidine groups is 1. The second-order valence-electron chi connectivity index (χ2n) is 4.84. The summed E-state index contributed by atoms with van der Waals surface area (Å²) in [5, 5.41) is 11.9. The highest BCUT2D eigenvalue weighted by Gasteiger charge is 2.24. The molecule has 0 unspecified atom stereocenters. The van der Waals surface area contributed by atoms with Crippen LogP contribution in [0.4, 0.5) is 10.1 Å². The van der Waals surface area contributed by atoms with Crippen LogP contribution in [0.5, 0.6) is 0 Å². The number of hydrogen-bond acceptors (Lipinski definition) is 4. The minimum atomic E-state index is -0.623. The number of nitrogens with two attached hydrogens (primary N) is 1. The lowest BCUT2D eigenvalue weighted by Gasteiger charge is -2.06. The molecule has 0 aromatic heterocycles. The van der Waals surface area contributed by atoms with E-state index < -0.39 is 11.7 Å². The minimum Gasteiger partial charge on any atom is -0.383 e. The molecule has 3 rings (SSSR count). The van der Waals surface area contributed by atoms with Crippen molar-refractivity contribution in [3.63, 3.8) is 0 Å². The number of halogens is 1. The van der Waals surface area contributed by atoms with Crippen LogP contribution < -0.4 is 11.1 Å². The molecule has 0 radical (unpaired) electrons. The van der Waals surface area contributed by atoms with Crippen LogP contribution >= 0.6 is 0 Å². The van der Waals surface area contributed by atoms with Gasteiger partial charge in [-0.2, -0.15) is 5.26 Å². The number of carbonyl (C=O) groups is 1. The fourth-order valence-electron chi connectivity index (χ4n) is 2.28. The summed E-state index contributed by atoms with van der Waals surface area (Å²) in [7, 11) is 0. The zero-order valence-corrected chi connectivity index (χ0v) is 11.9. The van der Waals surface area contributed by atoms with Crippen molar-refractivity contribution >= 4 is 23.1 Å². The Bertz CT molecular complexity index is 892. The molecule has 0 bridgehead atoms. The molecule has 1 amide bonds. The molecule has 112 valence electrons. The molecular weight excluding hydrogens is 295 g/mol. The van der Waals surface area contributed by atoms with Gasteiger partial charge in [-0.05, 0) is 24.3 Å². The number of amides is 1. The smallest absolute Gasteiger partial charge is 0.268 e. The van der Waals surface area contributed by atoms with E-state index in [9.17, 15) is 14.4 Å². The number of rotatable bonds is 2. The lowest BCUT2D eigenvalue weighted by Crippen LogP contribution is -2.14. The van der Waals surface area contributed by atoms with Crippen LogP contribution in [0.2, 0.25) is 0 Å². The molecule has 23 heavy (non-hydrogen) atoms. The standard InChI is InChI=1S/C17H11FN4O/c18-10-5-7-11(8-6-10)21-17(23)14(9-19)15-12-3-1-2-4-13(12)16(20)22-15/h1-8H,(H2,20,22)(H,21,23)/b15-14-. The molecule has 0 atom stereocenters. The SMILES string of the molecule is N#C/C(C(=O)Nc1ccc(F)cc1)=C1/N=C(N)c2ccccc21. The number of benzene rings is 2. The van der Waals surface area contributed by atoms with E-state index in [-0.39, 0.29) is 17.1 Å². The lowest BCUT2D eigenvalue weighted by atomic mass is 10.0. The maximum absolute atomic E-state index is 12.9. The number of anilines is 1. The number of nitriles is 1. The highest BCUT2D eigenvalue weighted by Crippen LogP contribution is 2.30. The summed E-state index contributed by atoms with van der Waals surface area (Å²) in [6, 6.07) is 14.2. The van der Waals surface area contributed by atoms with Gasteiger partial charge in [-0.15, -0.1) is 0 Å². The molecule has 6 heteroatoms. The van der Waals surface area contributed by atoms with E-state index in [2.05, 4.69) is 10.3 Å². The fraction of sp³-hybridized carbons (Fsp3) is 0. The van der Waals surface area contributed by atoms with Crippen molar-refractivity contribution < 1.29 is 9.18 Å². The molecule has 1 heterocycles. The maximum Gasteiger partial charge on any atom is 0.268 e. The molecule has 0 fully saturated rings. The van der Waals surface area contributed by atoms with Gasteiger partial charge in [0.25, 0.3) is 5.91 Å². The van der Waals surface area contributed by atoms with E-state index in [4.69, 9.17) is 5.73 Å². The van der Waals surface area contributed by atoms with E-state index in [1.165, 1.54) is 24.3 Å². The molecule has 0 aliphatic carbocycles. The molecule has 1 aliphatic heterocycles. The van der Waals surface area contributed by atoms with Crippen LogP contribution in [0, 0.1) is 17.1 Å². The number of fused-ring (bicyclic) bond motifs is 1. The molecule has 2 aromatic carbocycles. The third-order valence-corrected chi connectivity index (χ3v) is 3.37. The Morgan fingerprint density at radius 1 is 1.13 bits per heavy atom. The van der Waals surface area contributed by atoms with Gasteiger partial charge in [0, 0.05) is 16.8 Å². The van der Waals surface area contributed by atoms with E-state index in [0.29, 0.717) is 16.8 Å². The summed E-state index contributed by atoms with van der Waals surface area (Å²) in [5.41, 5.74) is 7.62. The van der Waals surface area contributed by atoms with E-state index in [1.54, 1.807) is 24.3 Å². The number of carbonyl (C=O) groups excluding carboxylic acids is 1. The summed E-state index contributed by atoms with van der Waals surface area (Å²) in [4.78, 5) is 16.5. The molecule has 5 nitrogen and oxygen atoms in total. The third-order valence-electron chi connectivity index (χ3n) is 3.37. The first kappa shape index (κ1) is 14.5. The zero-order valence-electron chi connectivity index (χ0n) is 11.9. The second kappa shape index (κ2) is 5.73. The number of nitrogens with zero attached hydrogens (tertiary/aromatic N) is 2. The number of nitrogens with one attached hydrogen (secondary N) is 1. The minimum absolute atomic E-state index is 0.151. The van der Waals surface area contributed by atoms with Gasteiger partial charge in [-0.25, -0.2) is 9.38 Å². The summed E-state index contributed by atoms with van der Waals surface area (Å²) in [6.45, 7) is 0. The van der Waals surface area contributed by atoms with Gasteiger partial charge >= 0.3 is 0 Å². The molecule has 2 aromatic rings. The van der Waals surface area contributed by atoms with Gasteiger partial charge in [-0.1, -0.05) is 24.3 Å². The van der Waals surface area contributed by atoms with Crippen molar-refractivity contribution in [3.8, 4) is 6.07 Å². The normalized spacial score (nSPS) is 14.5. The average Bonchev–Trinajstić information content (AvgIpc) is 2.88. The topological polar surface area (TPSA) is 91.3 Å². The van der Waals surface area contributed by atoms with Crippen molar-refractivity contribution in [1.29, 1.82) is 5.26 Å². The highest BCUT2D eigenvalue weighted by molar-refractivity contribution is 6.17. The van der Waals surface area contributed by atoms with Crippen LogP contribution in [0.1, 0.15) is 11.1 Å². The van der Waals surface area contributed by atoms with E-state index in [1.807, 2.05) is 6.07 Å². The zero-order chi connectivity index (χ0) is 16.4. The summed E-state index contributed by atoms with van der Waals surface area (Å²) in [6.07, 6.45) is 0. The van der Waals surface area contributed by atoms with Crippen LogP contribution in [0.15, 0.2) is 59.1 Å². The van der Waals surface area contributed by atoms with Gasteiger partial charge in [0.2, 0.25) is 0 Å². The third kappa shape index (κ3) is 2.68. The van der Waals surface area contributed by atoms with Crippen molar-refractivity contribution in [2.75, 3.05) is 5.32 Å². The molecular formula is C17H11FN4O. The summed E-state index contributed by atoms with van der Waals surface area (Å²) >= 11 is 0. The van der Waals surface area contributed by atoms with Crippen LogP contribution in [0.3, 0.4) is 0 Å². The Morgan fingerprint density at radius 2 is 1.78 bits per heavy atom. The van der Waals surface area contributed by atoms with Gasteiger partial charge in [0.15, 0.2) is 0 Å². The Labute approximate surface area is 131 Å². The van der Waals surface area contributed by atoms with Crippen LogP contribution in [-0.2, 0) is 4.79 Å². The largest absolute Gasteiger partial charge is 0.383 e. The van der Waals surface area contributed by atoms with Gasteiger partial charge in [0.1, 0.15) is 23.3 Å². The molecule has 1 aliphatic rings. The maximum atomic E-state index is 12.9. The molecule has 0 saturated carbocycles. The van der Waals surface area contributed by atoms with Crippen molar-refractivity contribution in [2.45, 2.75) is 0 Å².